The molecule has 0 saturated carbocycles. The van der Waals surface area contributed by atoms with Crippen LogP contribution in [0.5, 0.6) is 0 Å². The van der Waals surface area contributed by atoms with Crippen molar-refractivity contribution in [3.63, 3.8) is 0 Å². The lowest BCUT2D eigenvalue weighted by atomic mass is 10.1. The van der Waals surface area contributed by atoms with Gasteiger partial charge in [0.15, 0.2) is 16.9 Å². The summed E-state index contributed by atoms with van der Waals surface area (Å²) < 4.78 is 5.52. The fourth-order valence-electron chi connectivity index (χ4n) is 3.57. The number of thiazole rings is 1. The van der Waals surface area contributed by atoms with Crippen molar-refractivity contribution in [2.75, 3.05) is 5.32 Å². The minimum absolute atomic E-state index is 0.183. The van der Waals surface area contributed by atoms with Crippen LogP contribution in [0.4, 0.5) is 5.13 Å². The van der Waals surface area contributed by atoms with Gasteiger partial charge in [-0.15, -0.1) is 11.3 Å². The van der Waals surface area contributed by atoms with Crippen molar-refractivity contribution < 1.29 is 14.3 Å². The van der Waals surface area contributed by atoms with E-state index in [1.54, 1.807) is 17.2 Å². The normalized spacial score (nSPS) is 11.5. The molecule has 0 fully saturated rings. The van der Waals surface area contributed by atoms with Gasteiger partial charge in [0.2, 0.25) is 0 Å². The number of hydrogen-bond acceptors (Lipinski definition) is 6. The summed E-state index contributed by atoms with van der Waals surface area (Å²) in [5.41, 5.74) is 3.30. The van der Waals surface area contributed by atoms with Gasteiger partial charge in [-0.2, -0.15) is 0 Å². The maximum Gasteiger partial charge on any atom is 0.358 e. The predicted molar refractivity (Wildman–Crippen MR) is 138 cm³/mol. The Labute approximate surface area is 209 Å². The van der Waals surface area contributed by atoms with Crippen molar-refractivity contribution in [3.05, 3.63) is 119 Å². The van der Waals surface area contributed by atoms with Crippen molar-refractivity contribution in [1.29, 1.82) is 0 Å². The molecule has 3 aromatic carbocycles. The summed E-state index contributed by atoms with van der Waals surface area (Å²) in [4.78, 5) is 32.0. The Kier molecular flexibility index (Phi) is 8.25. The second-order valence-corrected chi connectivity index (χ2v) is 8.95. The molecule has 1 N–H and O–H groups in total. The minimum Gasteiger partial charge on any atom is -0.448 e. The lowest BCUT2D eigenvalue weighted by Crippen LogP contribution is -2.39. The summed E-state index contributed by atoms with van der Waals surface area (Å²) in [6, 6.07) is 29.5. The molecule has 0 bridgehead atoms. The van der Waals surface area contributed by atoms with E-state index < -0.39 is 12.1 Å². The summed E-state index contributed by atoms with van der Waals surface area (Å²) in [6.45, 7) is 3.04. The molecule has 178 valence electrons. The van der Waals surface area contributed by atoms with Crippen LogP contribution in [0.2, 0.25) is 0 Å². The number of benzene rings is 3. The van der Waals surface area contributed by atoms with E-state index in [1.807, 2.05) is 91.0 Å². The summed E-state index contributed by atoms with van der Waals surface area (Å²) >= 11 is 1.32. The van der Waals surface area contributed by atoms with Gasteiger partial charge in [-0.05, 0) is 23.6 Å². The van der Waals surface area contributed by atoms with Crippen LogP contribution < -0.4 is 5.32 Å². The van der Waals surface area contributed by atoms with Gasteiger partial charge in [0.05, 0.1) is 0 Å². The van der Waals surface area contributed by atoms with E-state index in [0.717, 1.165) is 16.7 Å². The first kappa shape index (κ1) is 24.2. The third kappa shape index (κ3) is 7.01. The third-order valence-electron chi connectivity index (χ3n) is 5.38. The van der Waals surface area contributed by atoms with Crippen molar-refractivity contribution in [2.24, 2.45) is 0 Å². The van der Waals surface area contributed by atoms with E-state index in [2.05, 4.69) is 10.3 Å². The number of ether oxygens (including phenoxy) is 1. The molecule has 0 aliphatic rings. The SMILES string of the molecule is CC(OC(=O)c1csc(NCc2ccccc2)n1)C(=O)N(Cc1ccccc1)Cc1ccccc1. The molecule has 6 nitrogen and oxygen atoms in total. The molecule has 1 heterocycles. The third-order valence-corrected chi connectivity index (χ3v) is 6.18. The van der Waals surface area contributed by atoms with Gasteiger partial charge in [-0.3, -0.25) is 4.79 Å². The van der Waals surface area contributed by atoms with E-state index in [-0.39, 0.29) is 11.6 Å². The number of carbonyl (C=O) groups is 2. The van der Waals surface area contributed by atoms with Crippen molar-refractivity contribution in [2.45, 2.75) is 32.7 Å². The molecule has 0 radical (unpaired) electrons. The van der Waals surface area contributed by atoms with Crippen molar-refractivity contribution in [3.8, 4) is 0 Å². The molecule has 4 aromatic rings. The molecular formula is C28H27N3O3S. The zero-order chi connectivity index (χ0) is 24.5. The largest absolute Gasteiger partial charge is 0.448 e. The van der Waals surface area contributed by atoms with Gasteiger partial charge >= 0.3 is 5.97 Å². The number of carbonyl (C=O) groups excluding carboxylic acids is 2. The summed E-state index contributed by atoms with van der Waals surface area (Å²) in [6.07, 6.45) is -0.947. The monoisotopic (exact) mass is 485 g/mol. The Balaban J connectivity index is 1.39. The van der Waals surface area contributed by atoms with E-state index in [1.165, 1.54) is 11.3 Å². The predicted octanol–water partition coefficient (Wildman–Crippen LogP) is 5.53. The van der Waals surface area contributed by atoms with Crippen LogP contribution in [0.1, 0.15) is 34.1 Å². The topological polar surface area (TPSA) is 71.5 Å². The van der Waals surface area contributed by atoms with Crippen molar-refractivity contribution in [1.82, 2.24) is 9.88 Å². The minimum atomic E-state index is -0.947. The highest BCUT2D eigenvalue weighted by Gasteiger charge is 2.26. The Bertz CT molecular complexity index is 1190. The maximum absolute atomic E-state index is 13.3. The number of esters is 1. The van der Waals surface area contributed by atoms with Gasteiger partial charge in [0, 0.05) is 25.0 Å². The van der Waals surface area contributed by atoms with Crippen LogP contribution in [0, 0.1) is 0 Å². The molecule has 1 atom stereocenters. The van der Waals surface area contributed by atoms with E-state index >= 15 is 0 Å². The Morgan fingerprint density at radius 1 is 0.857 bits per heavy atom. The molecular weight excluding hydrogens is 458 g/mol. The van der Waals surface area contributed by atoms with Crippen LogP contribution in [0.3, 0.4) is 0 Å². The number of amides is 1. The van der Waals surface area contributed by atoms with Gasteiger partial charge in [-0.1, -0.05) is 91.0 Å². The highest BCUT2D eigenvalue weighted by molar-refractivity contribution is 7.13. The number of anilines is 1. The second-order valence-electron chi connectivity index (χ2n) is 8.09. The molecule has 1 amide bonds. The molecule has 0 aliphatic carbocycles. The Morgan fingerprint density at radius 2 is 1.37 bits per heavy atom. The fourth-order valence-corrected chi connectivity index (χ4v) is 4.25. The van der Waals surface area contributed by atoms with E-state index in [4.69, 9.17) is 4.74 Å². The summed E-state index contributed by atoms with van der Waals surface area (Å²) in [5, 5.41) is 5.47. The zero-order valence-electron chi connectivity index (χ0n) is 19.5. The molecule has 0 saturated heterocycles. The molecule has 0 spiro atoms. The molecule has 1 aromatic heterocycles. The molecule has 35 heavy (non-hydrogen) atoms. The zero-order valence-corrected chi connectivity index (χ0v) is 20.3. The Morgan fingerprint density at radius 3 is 1.91 bits per heavy atom. The van der Waals surface area contributed by atoms with Gasteiger partial charge in [0.1, 0.15) is 0 Å². The highest BCUT2D eigenvalue weighted by Crippen LogP contribution is 2.19. The van der Waals surface area contributed by atoms with Gasteiger partial charge in [-0.25, -0.2) is 9.78 Å². The van der Waals surface area contributed by atoms with E-state index in [9.17, 15) is 9.59 Å². The number of rotatable bonds is 10. The lowest BCUT2D eigenvalue weighted by molar-refractivity contribution is -0.141. The van der Waals surface area contributed by atoms with Gasteiger partial charge in [0.25, 0.3) is 5.91 Å². The van der Waals surface area contributed by atoms with Crippen LogP contribution in [0.15, 0.2) is 96.4 Å². The maximum atomic E-state index is 13.3. The Hall–Kier alpha value is -3.97. The first-order valence-electron chi connectivity index (χ1n) is 11.4. The van der Waals surface area contributed by atoms with E-state index in [0.29, 0.717) is 24.8 Å². The molecule has 4 rings (SSSR count). The van der Waals surface area contributed by atoms with Crippen LogP contribution in [0.25, 0.3) is 0 Å². The number of aromatic nitrogens is 1. The fraction of sp³-hybridized carbons (Fsp3) is 0.179. The first-order chi connectivity index (χ1) is 17.1. The van der Waals surface area contributed by atoms with Crippen LogP contribution in [-0.2, 0) is 29.2 Å². The quantitative estimate of drug-likeness (QED) is 0.299. The highest BCUT2D eigenvalue weighted by atomic mass is 32.1. The number of hydrogen-bond donors (Lipinski definition) is 1. The summed E-state index contributed by atoms with van der Waals surface area (Å²) in [7, 11) is 0. The molecule has 7 heteroatoms. The van der Waals surface area contributed by atoms with Crippen LogP contribution >= 0.6 is 11.3 Å². The molecule has 1 unspecified atom stereocenters. The van der Waals surface area contributed by atoms with Crippen molar-refractivity contribution >= 4 is 28.3 Å². The number of nitrogens with zero attached hydrogens (tertiary/aromatic N) is 2. The molecule has 0 aliphatic heterocycles. The average Bonchev–Trinajstić information content (AvgIpc) is 3.38. The average molecular weight is 486 g/mol. The lowest BCUT2D eigenvalue weighted by Gasteiger charge is -2.26. The van der Waals surface area contributed by atoms with Gasteiger partial charge < -0.3 is 15.0 Å². The number of nitrogens with one attached hydrogen (secondary N) is 1. The van der Waals surface area contributed by atoms with Crippen LogP contribution in [-0.4, -0.2) is 27.9 Å². The smallest absolute Gasteiger partial charge is 0.358 e. The summed E-state index contributed by atoms with van der Waals surface area (Å²) in [5.74, 6) is -0.877. The standard InChI is InChI=1S/C28H27N3O3S/c1-21(34-27(33)25-20-35-28(30-25)29-17-22-11-5-2-6-12-22)26(32)31(18-23-13-7-3-8-14-23)19-24-15-9-4-10-16-24/h2-16,20-21H,17-19H2,1H3,(H,29,30). The second kappa shape index (κ2) is 11.9. The first-order valence-corrected chi connectivity index (χ1v) is 12.3.